The van der Waals surface area contributed by atoms with Gasteiger partial charge in [0, 0.05) is 16.3 Å². The molecule has 0 aliphatic heterocycles. The van der Waals surface area contributed by atoms with Crippen molar-refractivity contribution in [3.8, 4) is 11.5 Å². The first-order chi connectivity index (χ1) is 10.0. The number of methoxy groups -OCH3 is 2. The largest absolute Gasteiger partial charge is 0.493 e. The fourth-order valence-corrected chi connectivity index (χ4v) is 3.14. The molecule has 0 heterocycles. The van der Waals surface area contributed by atoms with Gasteiger partial charge in [0.2, 0.25) is 0 Å². The lowest BCUT2D eigenvalue weighted by atomic mass is 10.1. The number of hydrogen-bond acceptors (Lipinski definition) is 4. The van der Waals surface area contributed by atoms with Gasteiger partial charge in [0.25, 0.3) is 0 Å². The van der Waals surface area contributed by atoms with Gasteiger partial charge >= 0.3 is 0 Å². The van der Waals surface area contributed by atoms with E-state index in [0.717, 1.165) is 27.8 Å². The lowest BCUT2D eigenvalue weighted by Gasteiger charge is -2.13. The van der Waals surface area contributed by atoms with Crippen LogP contribution < -0.4 is 15.2 Å². The molecule has 0 atom stereocenters. The Morgan fingerprint density at radius 1 is 1.00 bits per heavy atom. The second kappa shape index (κ2) is 6.76. The number of nitrogens with two attached hydrogens (primary N) is 1. The molecule has 0 radical (unpaired) electrons. The Balaban J connectivity index is 2.19. The average molecular weight is 303 g/mol. The van der Waals surface area contributed by atoms with Crippen LogP contribution in [0.4, 0.5) is 5.69 Å². The molecule has 0 spiro atoms. The van der Waals surface area contributed by atoms with Crippen LogP contribution in [0, 0.1) is 13.8 Å². The van der Waals surface area contributed by atoms with Gasteiger partial charge in [-0.25, -0.2) is 0 Å². The van der Waals surface area contributed by atoms with E-state index < -0.39 is 0 Å². The third kappa shape index (κ3) is 3.64. The van der Waals surface area contributed by atoms with Gasteiger partial charge in [0.05, 0.1) is 14.2 Å². The lowest BCUT2D eigenvalue weighted by Crippen LogP contribution is -1.95. The number of aryl methyl sites for hydroxylation is 2. The number of anilines is 1. The molecule has 0 aliphatic carbocycles. The molecule has 0 unspecified atom stereocenters. The highest BCUT2D eigenvalue weighted by atomic mass is 32.2. The summed E-state index contributed by atoms with van der Waals surface area (Å²) in [4.78, 5) is 1.11. The molecule has 0 amide bonds. The minimum absolute atomic E-state index is 0.760. The third-order valence-electron chi connectivity index (χ3n) is 3.39. The zero-order valence-corrected chi connectivity index (χ0v) is 13.7. The van der Waals surface area contributed by atoms with Crippen molar-refractivity contribution in [3.05, 3.63) is 47.0 Å². The number of thioether (sulfide) groups is 1. The summed E-state index contributed by atoms with van der Waals surface area (Å²) < 4.78 is 10.7. The van der Waals surface area contributed by atoms with Crippen LogP contribution >= 0.6 is 11.8 Å². The summed E-state index contributed by atoms with van der Waals surface area (Å²) in [6.45, 7) is 4.12. The molecule has 0 aliphatic rings. The lowest BCUT2D eigenvalue weighted by molar-refractivity contribution is 0.354. The summed E-state index contributed by atoms with van der Waals surface area (Å²) in [7, 11) is 3.31. The second-order valence-electron chi connectivity index (χ2n) is 4.96. The summed E-state index contributed by atoms with van der Waals surface area (Å²) in [5, 5.41) is 0. The number of benzene rings is 2. The molecule has 0 aromatic heterocycles. The van der Waals surface area contributed by atoms with Gasteiger partial charge in [-0.2, -0.15) is 0 Å². The molecule has 2 rings (SSSR count). The zero-order chi connectivity index (χ0) is 15.4. The second-order valence-corrected chi connectivity index (χ2v) is 5.98. The van der Waals surface area contributed by atoms with E-state index in [-0.39, 0.29) is 0 Å². The third-order valence-corrected chi connectivity index (χ3v) is 4.53. The smallest absolute Gasteiger partial charge is 0.161 e. The fraction of sp³-hybridized carbons (Fsp3) is 0.294. The number of nitrogen functional groups attached to an aromatic ring is 1. The first-order valence-corrected chi connectivity index (χ1v) is 7.74. The predicted molar refractivity (Wildman–Crippen MR) is 89.4 cm³/mol. The van der Waals surface area contributed by atoms with Crippen molar-refractivity contribution in [1.29, 1.82) is 0 Å². The van der Waals surface area contributed by atoms with Crippen molar-refractivity contribution >= 4 is 17.4 Å². The minimum atomic E-state index is 0.760. The van der Waals surface area contributed by atoms with Crippen LogP contribution in [-0.4, -0.2) is 14.2 Å². The maximum absolute atomic E-state index is 6.06. The average Bonchev–Trinajstić information content (AvgIpc) is 2.47. The molecule has 112 valence electrons. The van der Waals surface area contributed by atoms with Crippen LogP contribution in [-0.2, 0) is 5.75 Å². The van der Waals surface area contributed by atoms with Crippen molar-refractivity contribution < 1.29 is 9.47 Å². The van der Waals surface area contributed by atoms with Crippen LogP contribution in [0.25, 0.3) is 0 Å². The number of ether oxygens (including phenoxy) is 2. The van der Waals surface area contributed by atoms with E-state index in [1.165, 1.54) is 16.7 Å². The topological polar surface area (TPSA) is 44.5 Å². The molecule has 21 heavy (non-hydrogen) atoms. The Morgan fingerprint density at radius 2 is 1.67 bits per heavy atom. The normalized spacial score (nSPS) is 10.5. The maximum Gasteiger partial charge on any atom is 0.161 e. The standard InChI is InChI=1S/C17H21NO2S/c1-11-5-6-17(14(18)7-11)21-10-13-9-16(20-4)15(19-3)8-12(13)2/h5-9H,10,18H2,1-4H3. The van der Waals surface area contributed by atoms with E-state index in [0.29, 0.717) is 0 Å². The van der Waals surface area contributed by atoms with Crippen molar-refractivity contribution in [2.75, 3.05) is 20.0 Å². The molecule has 2 aromatic rings. The van der Waals surface area contributed by atoms with Crippen molar-refractivity contribution in [2.45, 2.75) is 24.5 Å². The Hall–Kier alpha value is -1.81. The van der Waals surface area contributed by atoms with Crippen LogP contribution in [0.5, 0.6) is 11.5 Å². The summed E-state index contributed by atoms with van der Waals surface area (Å²) in [5.74, 6) is 2.37. The fourth-order valence-electron chi connectivity index (χ4n) is 2.13. The highest BCUT2D eigenvalue weighted by molar-refractivity contribution is 7.98. The summed E-state index contributed by atoms with van der Waals surface area (Å²) in [5.41, 5.74) is 10.5. The number of hydrogen-bond donors (Lipinski definition) is 1. The Kier molecular flexibility index (Phi) is 5.02. The van der Waals surface area contributed by atoms with E-state index in [9.17, 15) is 0 Å². The Morgan fingerprint density at radius 3 is 2.29 bits per heavy atom. The maximum atomic E-state index is 6.06. The molecular formula is C17H21NO2S. The highest BCUT2D eigenvalue weighted by Crippen LogP contribution is 2.34. The first-order valence-electron chi connectivity index (χ1n) is 6.75. The molecule has 0 saturated carbocycles. The zero-order valence-electron chi connectivity index (χ0n) is 12.9. The summed E-state index contributed by atoms with van der Waals surface area (Å²) in [6.07, 6.45) is 0. The Bertz CT molecular complexity index is 641. The van der Waals surface area contributed by atoms with Crippen LogP contribution in [0.3, 0.4) is 0 Å². The first kappa shape index (κ1) is 15.6. The van der Waals surface area contributed by atoms with E-state index in [1.54, 1.807) is 26.0 Å². The van der Waals surface area contributed by atoms with Crippen LogP contribution in [0.1, 0.15) is 16.7 Å². The molecule has 0 saturated heterocycles. The minimum Gasteiger partial charge on any atom is -0.493 e. The van der Waals surface area contributed by atoms with E-state index in [1.807, 2.05) is 25.1 Å². The van der Waals surface area contributed by atoms with Crippen molar-refractivity contribution in [2.24, 2.45) is 0 Å². The monoisotopic (exact) mass is 303 g/mol. The molecule has 2 aromatic carbocycles. The molecule has 3 nitrogen and oxygen atoms in total. The van der Waals surface area contributed by atoms with Crippen LogP contribution in [0.15, 0.2) is 35.2 Å². The number of rotatable bonds is 5. The SMILES string of the molecule is COc1cc(C)c(CSc2ccc(C)cc2N)cc1OC. The van der Waals surface area contributed by atoms with Gasteiger partial charge < -0.3 is 15.2 Å². The van der Waals surface area contributed by atoms with Gasteiger partial charge in [-0.05, 0) is 54.8 Å². The highest BCUT2D eigenvalue weighted by Gasteiger charge is 2.09. The van der Waals surface area contributed by atoms with Gasteiger partial charge in [0.15, 0.2) is 11.5 Å². The quantitative estimate of drug-likeness (QED) is 0.664. The molecule has 2 N–H and O–H groups in total. The molecule has 0 fully saturated rings. The van der Waals surface area contributed by atoms with E-state index in [4.69, 9.17) is 15.2 Å². The Labute approximate surface area is 130 Å². The van der Waals surface area contributed by atoms with E-state index in [2.05, 4.69) is 19.1 Å². The van der Waals surface area contributed by atoms with Gasteiger partial charge in [0.1, 0.15) is 0 Å². The van der Waals surface area contributed by atoms with Crippen molar-refractivity contribution in [1.82, 2.24) is 0 Å². The van der Waals surface area contributed by atoms with Crippen LogP contribution in [0.2, 0.25) is 0 Å². The molecular weight excluding hydrogens is 282 g/mol. The summed E-state index contributed by atoms with van der Waals surface area (Å²) in [6, 6.07) is 10.2. The predicted octanol–water partition coefficient (Wildman–Crippen LogP) is 4.20. The molecule has 0 bridgehead atoms. The summed E-state index contributed by atoms with van der Waals surface area (Å²) >= 11 is 1.73. The van der Waals surface area contributed by atoms with Gasteiger partial charge in [-0.3, -0.25) is 0 Å². The van der Waals surface area contributed by atoms with Gasteiger partial charge in [-0.1, -0.05) is 6.07 Å². The molecule has 4 heteroatoms. The van der Waals surface area contributed by atoms with Crippen molar-refractivity contribution in [3.63, 3.8) is 0 Å². The van der Waals surface area contributed by atoms with E-state index >= 15 is 0 Å². The van der Waals surface area contributed by atoms with Gasteiger partial charge in [-0.15, -0.1) is 11.8 Å².